The van der Waals surface area contributed by atoms with E-state index in [1.54, 1.807) is 7.11 Å². The maximum Gasteiger partial charge on any atom is 0.169 e. The van der Waals surface area contributed by atoms with Crippen LogP contribution in [0, 0.1) is 0 Å². The van der Waals surface area contributed by atoms with Gasteiger partial charge in [0.2, 0.25) is 0 Å². The highest BCUT2D eigenvalue weighted by Gasteiger charge is 2.06. The Kier molecular flexibility index (Phi) is 4.82. The summed E-state index contributed by atoms with van der Waals surface area (Å²) in [6, 6.07) is 13.5. The number of hydrogen-bond acceptors (Lipinski definition) is 3. The van der Waals surface area contributed by atoms with Crippen LogP contribution in [0.2, 0.25) is 0 Å². The van der Waals surface area contributed by atoms with Gasteiger partial charge in [0.05, 0.1) is 7.11 Å². The van der Waals surface area contributed by atoms with Gasteiger partial charge in [-0.2, -0.15) is 0 Å². The fourth-order valence-corrected chi connectivity index (χ4v) is 2.34. The van der Waals surface area contributed by atoms with Crippen molar-refractivity contribution in [1.82, 2.24) is 0 Å². The van der Waals surface area contributed by atoms with Crippen molar-refractivity contribution < 1.29 is 9.47 Å². The van der Waals surface area contributed by atoms with Gasteiger partial charge < -0.3 is 15.2 Å². The molecule has 0 aliphatic carbocycles. The van der Waals surface area contributed by atoms with Crippen molar-refractivity contribution in [2.45, 2.75) is 6.42 Å². The molecule has 2 aromatic carbocycles. The van der Waals surface area contributed by atoms with Crippen molar-refractivity contribution in [3.8, 4) is 17.2 Å². The maximum atomic E-state index is 5.83. The van der Waals surface area contributed by atoms with E-state index in [0.29, 0.717) is 18.0 Å². The summed E-state index contributed by atoms with van der Waals surface area (Å²) in [4.78, 5) is 0. The van der Waals surface area contributed by atoms with Gasteiger partial charge in [-0.3, -0.25) is 0 Å². The van der Waals surface area contributed by atoms with Gasteiger partial charge in [-0.15, -0.1) is 0 Å². The molecule has 0 aliphatic rings. The number of ether oxygens (including phenoxy) is 2. The molecule has 3 nitrogen and oxygen atoms in total. The molecule has 0 heterocycles. The van der Waals surface area contributed by atoms with E-state index in [4.69, 9.17) is 15.2 Å². The summed E-state index contributed by atoms with van der Waals surface area (Å²) in [6.45, 7) is 0.630. The smallest absolute Gasteiger partial charge is 0.169 e. The highest BCUT2D eigenvalue weighted by Crippen LogP contribution is 2.32. The van der Waals surface area contributed by atoms with E-state index in [-0.39, 0.29) is 0 Å². The van der Waals surface area contributed by atoms with Crippen LogP contribution >= 0.6 is 15.9 Å². The van der Waals surface area contributed by atoms with E-state index >= 15 is 0 Å². The van der Waals surface area contributed by atoms with Gasteiger partial charge in [-0.1, -0.05) is 34.1 Å². The van der Waals surface area contributed by atoms with E-state index in [2.05, 4.69) is 15.9 Å². The van der Waals surface area contributed by atoms with Crippen LogP contribution in [-0.2, 0) is 6.42 Å². The number of halogens is 1. The zero-order valence-electron chi connectivity index (χ0n) is 10.7. The summed E-state index contributed by atoms with van der Waals surface area (Å²) in [7, 11) is 1.63. The summed E-state index contributed by atoms with van der Waals surface area (Å²) in [6.07, 6.45) is 0.843. The van der Waals surface area contributed by atoms with Crippen LogP contribution in [-0.4, -0.2) is 13.7 Å². The summed E-state index contributed by atoms with van der Waals surface area (Å²) in [5.74, 6) is 2.17. The summed E-state index contributed by atoms with van der Waals surface area (Å²) in [5.41, 5.74) is 6.74. The zero-order valence-corrected chi connectivity index (χ0v) is 12.3. The van der Waals surface area contributed by atoms with Crippen molar-refractivity contribution in [3.63, 3.8) is 0 Å². The molecule has 0 atom stereocenters. The molecule has 0 unspecified atom stereocenters. The van der Waals surface area contributed by atoms with Crippen molar-refractivity contribution >= 4 is 15.9 Å². The van der Waals surface area contributed by atoms with Crippen LogP contribution in [0.1, 0.15) is 5.56 Å². The van der Waals surface area contributed by atoms with Crippen molar-refractivity contribution in [3.05, 3.63) is 52.5 Å². The van der Waals surface area contributed by atoms with Crippen LogP contribution < -0.4 is 15.2 Å². The van der Waals surface area contributed by atoms with E-state index in [1.165, 1.54) is 5.56 Å². The second-order valence-corrected chi connectivity index (χ2v) is 4.90. The van der Waals surface area contributed by atoms with E-state index < -0.39 is 0 Å². The first-order chi connectivity index (χ1) is 9.24. The Balaban J connectivity index is 2.21. The first-order valence-corrected chi connectivity index (χ1v) is 6.83. The predicted molar refractivity (Wildman–Crippen MR) is 80.0 cm³/mol. The molecule has 0 saturated carbocycles. The quantitative estimate of drug-likeness (QED) is 0.912. The topological polar surface area (TPSA) is 44.5 Å². The molecule has 0 radical (unpaired) electrons. The lowest BCUT2D eigenvalue weighted by Gasteiger charge is -2.11. The fourth-order valence-electron chi connectivity index (χ4n) is 1.78. The Morgan fingerprint density at radius 3 is 2.47 bits per heavy atom. The molecule has 0 saturated heterocycles. The molecule has 4 heteroatoms. The molecule has 2 N–H and O–H groups in total. The molecule has 0 amide bonds. The first kappa shape index (κ1) is 13.9. The highest BCUT2D eigenvalue weighted by molar-refractivity contribution is 9.10. The van der Waals surface area contributed by atoms with E-state index in [0.717, 1.165) is 16.6 Å². The molecular weight excluding hydrogens is 306 g/mol. The Morgan fingerprint density at radius 2 is 1.84 bits per heavy atom. The Labute approximate surface area is 121 Å². The monoisotopic (exact) mass is 321 g/mol. The minimum Gasteiger partial charge on any atom is -0.493 e. The molecule has 2 aromatic rings. The number of methoxy groups -OCH3 is 1. The standard InChI is InChI=1S/C15H16BrNO2/c1-18-14-4-2-3-5-15(14)19-12-7-6-11(8-9-17)13(16)10-12/h2-7,10H,8-9,17H2,1H3. The van der Waals surface area contributed by atoms with Crippen LogP contribution in [0.25, 0.3) is 0 Å². The van der Waals surface area contributed by atoms with Gasteiger partial charge in [-0.25, -0.2) is 0 Å². The molecule has 100 valence electrons. The minimum absolute atomic E-state index is 0.630. The van der Waals surface area contributed by atoms with Crippen molar-refractivity contribution in [1.29, 1.82) is 0 Å². The molecule has 0 aliphatic heterocycles. The first-order valence-electron chi connectivity index (χ1n) is 6.04. The van der Waals surface area contributed by atoms with E-state index in [1.807, 2.05) is 42.5 Å². The number of hydrogen-bond donors (Lipinski definition) is 1. The van der Waals surface area contributed by atoms with Gasteiger partial charge in [0.15, 0.2) is 11.5 Å². The largest absolute Gasteiger partial charge is 0.493 e. The summed E-state index contributed by atoms with van der Waals surface area (Å²) >= 11 is 3.53. The normalized spacial score (nSPS) is 10.3. The Bertz CT molecular complexity index is 558. The maximum absolute atomic E-state index is 5.83. The predicted octanol–water partition coefficient (Wildman–Crippen LogP) is 3.75. The van der Waals surface area contributed by atoms with Gasteiger partial charge in [-0.05, 0) is 42.8 Å². The summed E-state index contributed by atoms with van der Waals surface area (Å²) in [5, 5.41) is 0. The van der Waals surface area contributed by atoms with Crippen molar-refractivity contribution in [2.75, 3.05) is 13.7 Å². The lowest BCUT2D eigenvalue weighted by molar-refractivity contribution is 0.379. The molecule has 2 rings (SSSR count). The fraction of sp³-hybridized carbons (Fsp3) is 0.200. The average Bonchev–Trinajstić information content (AvgIpc) is 2.43. The summed E-state index contributed by atoms with van der Waals surface area (Å²) < 4.78 is 12.1. The van der Waals surface area contributed by atoms with Gasteiger partial charge in [0.25, 0.3) is 0 Å². The van der Waals surface area contributed by atoms with E-state index in [9.17, 15) is 0 Å². The molecule has 0 spiro atoms. The molecule has 0 bridgehead atoms. The number of rotatable bonds is 5. The average molecular weight is 322 g/mol. The van der Waals surface area contributed by atoms with Gasteiger partial charge >= 0.3 is 0 Å². The number of benzene rings is 2. The van der Waals surface area contributed by atoms with Crippen LogP contribution in [0.4, 0.5) is 0 Å². The zero-order chi connectivity index (χ0) is 13.7. The third-order valence-electron chi connectivity index (χ3n) is 2.74. The number of para-hydroxylation sites is 2. The van der Waals surface area contributed by atoms with Crippen molar-refractivity contribution in [2.24, 2.45) is 5.73 Å². The van der Waals surface area contributed by atoms with Crippen LogP contribution in [0.5, 0.6) is 17.2 Å². The van der Waals surface area contributed by atoms with Crippen LogP contribution in [0.3, 0.4) is 0 Å². The second-order valence-electron chi connectivity index (χ2n) is 4.04. The Morgan fingerprint density at radius 1 is 1.11 bits per heavy atom. The second kappa shape index (κ2) is 6.59. The molecule has 0 fully saturated rings. The third-order valence-corrected chi connectivity index (χ3v) is 3.47. The Hall–Kier alpha value is -1.52. The number of nitrogens with two attached hydrogens (primary N) is 1. The lowest BCUT2D eigenvalue weighted by Crippen LogP contribution is -2.03. The minimum atomic E-state index is 0.630. The van der Waals surface area contributed by atoms with Crippen LogP contribution in [0.15, 0.2) is 46.9 Å². The van der Waals surface area contributed by atoms with Gasteiger partial charge in [0, 0.05) is 4.47 Å². The van der Waals surface area contributed by atoms with Gasteiger partial charge in [0.1, 0.15) is 5.75 Å². The molecular formula is C15H16BrNO2. The highest BCUT2D eigenvalue weighted by atomic mass is 79.9. The SMILES string of the molecule is COc1ccccc1Oc1ccc(CCN)c(Br)c1. The molecule has 0 aromatic heterocycles. The molecule has 19 heavy (non-hydrogen) atoms. The lowest BCUT2D eigenvalue weighted by atomic mass is 10.1. The third kappa shape index (κ3) is 3.49.